The van der Waals surface area contributed by atoms with E-state index in [-0.39, 0.29) is 0 Å². The number of rotatable bonds is 2. The third kappa shape index (κ3) is 1.83. The molecule has 4 nitrogen and oxygen atoms in total. The average molecular weight is 140 g/mol. The molecule has 2 N–H and O–H groups in total. The highest BCUT2D eigenvalue weighted by Gasteiger charge is 2.09. The van der Waals surface area contributed by atoms with E-state index >= 15 is 0 Å². The molecule has 10 heavy (non-hydrogen) atoms. The van der Waals surface area contributed by atoms with E-state index in [9.17, 15) is 9.59 Å². The van der Waals surface area contributed by atoms with Crippen molar-refractivity contribution < 1.29 is 9.59 Å². The number of hydrazine groups is 1. The van der Waals surface area contributed by atoms with E-state index in [1.165, 1.54) is 0 Å². The number of imide groups is 1. The number of amides is 2. The van der Waals surface area contributed by atoms with Crippen molar-refractivity contribution in [1.82, 2.24) is 5.01 Å². The van der Waals surface area contributed by atoms with Gasteiger partial charge >= 0.3 is 0 Å². The number of carbonyl (C=O) groups is 2. The maximum atomic E-state index is 10.5. The molecule has 0 fully saturated rings. The Balaban J connectivity index is 4.20. The summed E-state index contributed by atoms with van der Waals surface area (Å²) in [6, 6.07) is 0. The molecule has 0 aliphatic carbocycles. The molecule has 54 valence electrons. The Labute approximate surface area is 58.6 Å². The third-order valence-electron chi connectivity index (χ3n) is 0.824. The quantitative estimate of drug-likeness (QED) is 0.245. The molecule has 0 aromatic carbocycles. The highest BCUT2D eigenvalue weighted by Crippen LogP contribution is 1.83. The standard InChI is InChI=1S/C6H8N2O2/c1-3-5(9)8(7)6(10)4-2/h3-4H,1-2,7H2. The van der Waals surface area contributed by atoms with E-state index in [4.69, 9.17) is 5.84 Å². The maximum Gasteiger partial charge on any atom is 0.267 e. The summed E-state index contributed by atoms with van der Waals surface area (Å²) in [6.45, 7) is 6.28. The second kappa shape index (κ2) is 3.58. The van der Waals surface area contributed by atoms with Crippen molar-refractivity contribution in [1.29, 1.82) is 0 Å². The SMILES string of the molecule is C=CC(=O)N(N)C(=O)C=C. The first-order valence-electron chi connectivity index (χ1n) is 2.51. The Morgan fingerprint density at radius 3 is 1.70 bits per heavy atom. The molecular formula is C6H8N2O2. The van der Waals surface area contributed by atoms with Crippen LogP contribution in [0.1, 0.15) is 0 Å². The lowest BCUT2D eigenvalue weighted by Crippen LogP contribution is -2.40. The summed E-state index contributed by atoms with van der Waals surface area (Å²) >= 11 is 0. The van der Waals surface area contributed by atoms with Crippen LogP contribution in [-0.2, 0) is 9.59 Å². The Bertz CT molecular complexity index is 166. The van der Waals surface area contributed by atoms with Crippen molar-refractivity contribution in [3.63, 3.8) is 0 Å². The molecule has 0 spiro atoms. The zero-order chi connectivity index (χ0) is 8.15. The predicted octanol–water partition coefficient (Wildman–Crippen LogP) is -0.413. The number of nitrogens with zero attached hydrogens (tertiary/aromatic N) is 1. The van der Waals surface area contributed by atoms with E-state index < -0.39 is 11.8 Å². The van der Waals surface area contributed by atoms with E-state index in [0.717, 1.165) is 12.2 Å². The molecule has 0 saturated heterocycles. The summed E-state index contributed by atoms with van der Waals surface area (Å²) in [6.07, 6.45) is 1.89. The van der Waals surface area contributed by atoms with Gasteiger partial charge in [0.2, 0.25) is 0 Å². The molecule has 0 bridgehead atoms. The number of hydrogen-bond donors (Lipinski definition) is 1. The zero-order valence-electron chi connectivity index (χ0n) is 5.41. The van der Waals surface area contributed by atoms with Gasteiger partial charge in [-0.05, 0) is 12.2 Å². The molecule has 0 saturated carbocycles. The Morgan fingerprint density at radius 1 is 1.20 bits per heavy atom. The Kier molecular flexibility index (Phi) is 3.07. The fourth-order valence-corrected chi connectivity index (χ4v) is 0.305. The van der Waals surface area contributed by atoms with Gasteiger partial charge in [-0.2, -0.15) is 0 Å². The van der Waals surface area contributed by atoms with Crippen LogP contribution in [0.25, 0.3) is 0 Å². The molecule has 0 heterocycles. The van der Waals surface area contributed by atoms with E-state index in [2.05, 4.69) is 13.2 Å². The number of hydrogen-bond acceptors (Lipinski definition) is 3. The second-order valence-corrected chi connectivity index (χ2v) is 1.45. The second-order valence-electron chi connectivity index (χ2n) is 1.45. The van der Waals surface area contributed by atoms with Gasteiger partial charge in [0.25, 0.3) is 11.8 Å². The molecule has 0 aromatic heterocycles. The molecule has 0 aliphatic heterocycles. The van der Waals surface area contributed by atoms with Crippen molar-refractivity contribution in [2.75, 3.05) is 0 Å². The van der Waals surface area contributed by atoms with Crippen LogP contribution < -0.4 is 5.84 Å². The van der Waals surface area contributed by atoms with Gasteiger partial charge in [-0.15, -0.1) is 0 Å². The van der Waals surface area contributed by atoms with Gasteiger partial charge in [-0.3, -0.25) is 9.59 Å². The largest absolute Gasteiger partial charge is 0.268 e. The van der Waals surface area contributed by atoms with Gasteiger partial charge in [0.1, 0.15) is 0 Å². The van der Waals surface area contributed by atoms with E-state index in [1.807, 2.05) is 0 Å². The third-order valence-corrected chi connectivity index (χ3v) is 0.824. The normalized spacial score (nSPS) is 8.10. The molecule has 4 heteroatoms. The minimum Gasteiger partial charge on any atom is -0.268 e. The smallest absolute Gasteiger partial charge is 0.267 e. The van der Waals surface area contributed by atoms with Crippen molar-refractivity contribution >= 4 is 11.8 Å². The highest BCUT2D eigenvalue weighted by atomic mass is 16.2. The summed E-state index contributed by atoms with van der Waals surface area (Å²) in [5, 5.41) is 0.431. The van der Waals surface area contributed by atoms with Gasteiger partial charge in [0.05, 0.1) is 0 Å². The first-order valence-corrected chi connectivity index (χ1v) is 2.51. The summed E-state index contributed by atoms with van der Waals surface area (Å²) in [5.41, 5.74) is 0. The van der Waals surface area contributed by atoms with Crippen LogP contribution in [0.5, 0.6) is 0 Å². The van der Waals surface area contributed by atoms with Crippen LogP contribution in [0.2, 0.25) is 0 Å². The van der Waals surface area contributed by atoms with Gasteiger partial charge in [-0.25, -0.2) is 10.9 Å². The minimum absolute atomic E-state index is 0.431. The fourth-order valence-electron chi connectivity index (χ4n) is 0.305. The van der Waals surface area contributed by atoms with Crippen molar-refractivity contribution in [3.8, 4) is 0 Å². The molecule has 2 amide bonds. The summed E-state index contributed by atoms with van der Waals surface area (Å²) in [5.74, 6) is 3.68. The average Bonchev–Trinajstić information content (AvgIpc) is 2.00. The van der Waals surface area contributed by atoms with Gasteiger partial charge in [0, 0.05) is 0 Å². The first kappa shape index (κ1) is 8.58. The van der Waals surface area contributed by atoms with Crippen molar-refractivity contribution in [2.45, 2.75) is 0 Å². The van der Waals surface area contributed by atoms with E-state index in [1.54, 1.807) is 0 Å². The Morgan fingerprint density at radius 2 is 1.50 bits per heavy atom. The van der Waals surface area contributed by atoms with Crippen LogP contribution in [0.3, 0.4) is 0 Å². The first-order chi connectivity index (χ1) is 4.63. The maximum absolute atomic E-state index is 10.5. The zero-order valence-corrected chi connectivity index (χ0v) is 5.41. The highest BCUT2D eigenvalue weighted by molar-refractivity contribution is 6.03. The van der Waals surface area contributed by atoms with Crippen LogP contribution in [0, 0.1) is 0 Å². The van der Waals surface area contributed by atoms with Crippen LogP contribution in [0.4, 0.5) is 0 Å². The van der Waals surface area contributed by atoms with Gasteiger partial charge < -0.3 is 0 Å². The lowest BCUT2D eigenvalue weighted by atomic mass is 10.5. The fraction of sp³-hybridized carbons (Fsp3) is 0. The lowest BCUT2D eigenvalue weighted by molar-refractivity contribution is -0.139. The summed E-state index contributed by atoms with van der Waals surface area (Å²) in [4.78, 5) is 21.1. The lowest BCUT2D eigenvalue weighted by Gasteiger charge is -2.07. The number of carbonyl (C=O) groups excluding carboxylic acids is 2. The molecule has 0 rings (SSSR count). The molecule has 0 atom stereocenters. The molecule has 0 aliphatic rings. The molecule has 0 aromatic rings. The molecule has 0 unspecified atom stereocenters. The number of nitrogens with two attached hydrogens (primary N) is 1. The van der Waals surface area contributed by atoms with Gasteiger partial charge in [-0.1, -0.05) is 13.2 Å². The van der Waals surface area contributed by atoms with Crippen molar-refractivity contribution in [2.24, 2.45) is 5.84 Å². The predicted molar refractivity (Wildman–Crippen MR) is 36.4 cm³/mol. The van der Waals surface area contributed by atoms with Gasteiger partial charge in [0.15, 0.2) is 0 Å². The van der Waals surface area contributed by atoms with Crippen LogP contribution in [-0.4, -0.2) is 16.8 Å². The monoisotopic (exact) mass is 140 g/mol. The summed E-state index contributed by atoms with van der Waals surface area (Å²) < 4.78 is 0. The molecular weight excluding hydrogens is 132 g/mol. The Hall–Kier alpha value is -1.42. The topological polar surface area (TPSA) is 63.4 Å². The minimum atomic E-state index is -0.648. The van der Waals surface area contributed by atoms with E-state index in [0.29, 0.717) is 5.01 Å². The van der Waals surface area contributed by atoms with Crippen LogP contribution >= 0.6 is 0 Å². The van der Waals surface area contributed by atoms with Crippen LogP contribution in [0.15, 0.2) is 25.3 Å². The summed E-state index contributed by atoms with van der Waals surface area (Å²) in [7, 11) is 0. The van der Waals surface area contributed by atoms with Crippen molar-refractivity contribution in [3.05, 3.63) is 25.3 Å². The molecule has 0 radical (unpaired) electrons.